The highest BCUT2D eigenvalue weighted by atomic mass is 16.5. The highest BCUT2D eigenvalue weighted by molar-refractivity contribution is 6.05. The lowest BCUT2D eigenvalue weighted by Gasteiger charge is -2.35. The second kappa shape index (κ2) is 9.71. The molecule has 0 radical (unpaired) electrons. The number of nitrogens with one attached hydrogen (secondary N) is 1. The smallest absolute Gasteiger partial charge is 0.255 e. The van der Waals surface area contributed by atoms with Gasteiger partial charge < -0.3 is 14.8 Å². The average Bonchev–Trinajstić information content (AvgIpc) is 2.67. The minimum Gasteiger partial charge on any atom is -0.491 e. The van der Waals surface area contributed by atoms with Gasteiger partial charge in [-0.3, -0.25) is 9.69 Å². The standard InChI is InChI=1S/C23H30N2O3/c1-4-13-27-22-8-6-5-7-21(22)24-23(26)20-11-9-19(10-12-20)16-25-14-17(2)28-18(3)15-25/h5-12,17-18H,4,13-16H2,1-3H3,(H,24,26). The highest BCUT2D eigenvalue weighted by Crippen LogP contribution is 2.24. The molecule has 0 saturated carbocycles. The molecule has 150 valence electrons. The van der Waals surface area contributed by atoms with Crippen LogP contribution in [0.15, 0.2) is 48.5 Å². The molecule has 0 spiro atoms. The zero-order chi connectivity index (χ0) is 19.9. The number of morpholine rings is 1. The van der Waals surface area contributed by atoms with Gasteiger partial charge in [-0.05, 0) is 50.1 Å². The Kier molecular flexibility index (Phi) is 7.06. The van der Waals surface area contributed by atoms with E-state index in [2.05, 4.69) is 31.0 Å². The maximum atomic E-state index is 12.6. The molecule has 0 aromatic heterocycles. The van der Waals surface area contributed by atoms with Crippen LogP contribution in [0.4, 0.5) is 5.69 Å². The van der Waals surface area contributed by atoms with Crippen LogP contribution in [0, 0.1) is 0 Å². The third kappa shape index (κ3) is 5.57. The van der Waals surface area contributed by atoms with E-state index in [9.17, 15) is 4.79 Å². The maximum Gasteiger partial charge on any atom is 0.255 e. The number of anilines is 1. The number of nitrogens with zero attached hydrogens (tertiary/aromatic N) is 1. The molecule has 1 amide bonds. The molecule has 1 heterocycles. The molecular weight excluding hydrogens is 352 g/mol. The van der Waals surface area contributed by atoms with Crippen LogP contribution in [-0.4, -0.2) is 42.7 Å². The topological polar surface area (TPSA) is 50.8 Å². The van der Waals surface area contributed by atoms with E-state index in [-0.39, 0.29) is 18.1 Å². The first-order chi connectivity index (χ1) is 13.5. The van der Waals surface area contributed by atoms with Gasteiger partial charge in [-0.2, -0.15) is 0 Å². The van der Waals surface area contributed by atoms with E-state index in [0.29, 0.717) is 23.6 Å². The van der Waals surface area contributed by atoms with Gasteiger partial charge in [0.05, 0.1) is 24.5 Å². The average molecular weight is 383 g/mol. The van der Waals surface area contributed by atoms with Crippen LogP contribution in [0.25, 0.3) is 0 Å². The molecule has 3 rings (SSSR count). The largest absolute Gasteiger partial charge is 0.491 e. The van der Waals surface area contributed by atoms with Crippen molar-refractivity contribution in [1.29, 1.82) is 0 Å². The van der Waals surface area contributed by atoms with Crippen LogP contribution >= 0.6 is 0 Å². The number of rotatable bonds is 7. The van der Waals surface area contributed by atoms with Gasteiger partial charge in [-0.1, -0.05) is 31.2 Å². The van der Waals surface area contributed by atoms with Crippen LogP contribution in [0.2, 0.25) is 0 Å². The molecule has 2 unspecified atom stereocenters. The van der Waals surface area contributed by atoms with Crippen molar-refractivity contribution in [2.75, 3.05) is 25.0 Å². The van der Waals surface area contributed by atoms with Gasteiger partial charge in [0, 0.05) is 25.2 Å². The number of carbonyl (C=O) groups excluding carboxylic acids is 1. The summed E-state index contributed by atoms with van der Waals surface area (Å²) in [6.45, 7) is 9.63. The van der Waals surface area contributed by atoms with Crippen LogP contribution < -0.4 is 10.1 Å². The zero-order valence-electron chi connectivity index (χ0n) is 17.0. The van der Waals surface area contributed by atoms with Crippen LogP contribution in [0.3, 0.4) is 0 Å². The lowest BCUT2D eigenvalue weighted by molar-refractivity contribution is -0.0704. The third-order valence-corrected chi connectivity index (χ3v) is 4.71. The van der Waals surface area contributed by atoms with E-state index in [1.165, 1.54) is 5.56 Å². The normalized spacial score (nSPS) is 20.0. The van der Waals surface area contributed by atoms with Crippen LogP contribution in [0.1, 0.15) is 43.1 Å². The first-order valence-electron chi connectivity index (χ1n) is 10.0. The summed E-state index contributed by atoms with van der Waals surface area (Å²) in [4.78, 5) is 15.0. The Morgan fingerprint density at radius 1 is 1.11 bits per heavy atom. The van der Waals surface area contributed by atoms with Crippen molar-refractivity contribution < 1.29 is 14.3 Å². The summed E-state index contributed by atoms with van der Waals surface area (Å²) in [5.74, 6) is 0.567. The molecule has 0 bridgehead atoms. The number of benzene rings is 2. The first kappa shape index (κ1) is 20.4. The predicted octanol–water partition coefficient (Wildman–Crippen LogP) is 4.34. The highest BCUT2D eigenvalue weighted by Gasteiger charge is 2.22. The molecule has 1 saturated heterocycles. The molecule has 28 heavy (non-hydrogen) atoms. The molecule has 0 aliphatic carbocycles. The van der Waals surface area contributed by atoms with E-state index in [1.807, 2.05) is 48.5 Å². The van der Waals surface area contributed by atoms with Crippen molar-refractivity contribution in [3.05, 3.63) is 59.7 Å². The van der Waals surface area contributed by atoms with Gasteiger partial charge in [0.2, 0.25) is 0 Å². The Hall–Kier alpha value is -2.37. The predicted molar refractivity (Wildman–Crippen MR) is 112 cm³/mol. The van der Waals surface area contributed by atoms with Gasteiger partial charge in [0.25, 0.3) is 5.91 Å². The lowest BCUT2D eigenvalue weighted by atomic mass is 10.1. The fraction of sp³-hybridized carbons (Fsp3) is 0.435. The van der Waals surface area contributed by atoms with Crippen LogP contribution in [0.5, 0.6) is 5.75 Å². The molecule has 5 heteroatoms. The third-order valence-electron chi connectivity index (χ3n) is 4.71. The van der Waals surface area contributed by atoms with E-state index >= 15 is 0 Å². The lowest BCUT2D eigenvalue weighted by Crippen LogP contribution is -2.44. The second-order valence-corrected chi connectivity index (χ2v) is 7.45. The SMILES string of the molecule is CCCOc1ccccc1NC(=O)c1ccc(CN2CC(C)OC(C)C2)cc1. The van der Waals surface area contributed by atoms with Crippen molar-refractivity contribution in [2.45, 2.75) is 45.9 Å². The summed E-state index contributed by atoms with van der Waals surface area (Å²) < 4.78 is 11.5. The molecule has 2 aromatic rings. The van der Waals surface area contributed by atoms with E-state index in [0.717, 1.165) is 26.1 Å². The Morgan fingerprint density at radius 2 is 1.79 bits per heavy atom. The summed E-state index contributed by atoms with van der Waals surface area (Å²) in [5, 5.41) is 2.96. The number of hydrogen-bond acceptors (Lipinski definition) is 4. The van der Waals surface area contributed by atoms with Gasteiger partial charge in [0.15, 0.2) is 0 Å². The molecule has 1 aliphatic rings. The van der Waals surface area contributed by atoms with Crippen molar-refractivity contribution >= 4 is 11.6 Å². The van der Waals surface area contributed by atoms with Crippen molar-refractivity contribution in [3.63, 3.8) is 0 Å². The zero-order valence-corrected chi connectivity index (χ0v) is 17.0. The fourth-order valence-electron chi connectivity index (χ4n) is 3.54. The van der Waals surface area contributed by atoms with Crippen molar-refractivity contribution in [3.8, 4) is 5.75 Å². The van der Waals surface area contributed by atoms with E-state index < -0.39 is 0 Å². The Morgan fingerprint density at radius 3 is 2.46 bits per heavy atom. The second-order valence-electron chi connectivity index (χ2n) is 7.45. The molecular formula is C23H30N2O3. The molecule has 5 nitrogen and oxygen atoms in total. The van der Waals surface area contributed by atoms with E-state index in [1.54, 1.807) is 0 Å². The monoisotopic (exact) mass is 382 g/mol. The maximum absolute atomic E-state index is 12.6. The Bertz CT molecular complexity index is 766. The molecule has 1 aliphatic heterocycles. The fourth-order valence-corrected chi connectivity index (χ4v) is 3.54. The summed E-state index contributed by atoms with van der Waals surface area (Å²) in [5.41, 5.74) is 2.53. The van der Waals surface area contributed by atoms with Gasteiger partial charge in [-0.25, -0.2) is 0 Å². The quantitative estimate of drug-likeness (QED) is 0.774. The minimum absolute atomic E-state index is 0.132. The number of para-hydroxylation sites is 2. The summed E-state index contributed by atoms with van der Waals surface area (Å²) >= 11 is 0. The number of hydrogen-bond donors (Lipinski definition) is 1. The number of carbonyl (C=O) groups is 1. The minimum atomic E-state index is -0.132. The Labute approximate surface area is 167 Å². The van der Waals surface area contributed by atoms with Gasteiger partial charge in [-0.15, -0.1) is 0 Å². The van der Waals surface area contributed by atoms with Crippen molar-refractivity contribution in [2.24, 2.45) is 0 Å². The molecule has 2 atom stereocenters. The van der Waals surface area contributed by atoms with Gasteiger partial charge >= 0.3 is 0 Å². The summed E-state index contributed by atoms with van der Waals surface area (Å²) in [6.07, 6.45) is 1.43. The first-order valence-corrected chi connectivity index (χ1v) is 10.0. The van der Waals surface area contributed by atoms with Gasteiger partial charge in [0.1, 0.15) is 5.75 Å². The molecule has 1 N–H and O–H groups in total. The number of ether oxygens (including phenoxy) is 2. The van der Waals surface area contributed by atoms with E-state index in [4.69, 9.17) is 9.47 Å². The Balaban J connectivity index is 1.61. The van der Waals surface area contributed by atoms with Crippen LogP contribution in [-0.2, 0) is 11.3 Å². The molecule has 1 fully saturated rings. The summed E-state index contributed by atoms with van der Waals surface area (Å²) in [7, 11) is 0. The number of amides is 1. The van der Waals surface area contributed by atoms with Crippen molar-refractivity contribution in [1.82, 2.24) is 4.90 Å². The molecule has 2 aromatic carbocycles. The summed E-state index contributed by atoms with van der Waals surface area (Å²) in [6, 6.07) is 15.3.